The van der Waals surface area contributed by atoms with E-state index < -0.39 is 12.2 Å². The fourth-order valence-corrected chi connectivity index (χ4v) is 5.33. The zero-order valence-electron chi connectivity index (χ0n) is 14.6. The molecule has 26 heavy (non-hydrogen) atoms. The molecule has 0 radical (unpaired) electrons. The maximum atomic E-state index is 14.9. The third-order valence-electron chi connectivity index (χ3n) is 5.21. The molecule has 0 aliphatic carbocycles. The Morgan fingerprint density at radius 3 is 2.73 bits per heavy atom. The van der Waals surface area contributed by atoms with Crippen molar-refractivity contribution >= 4 is 35.1 Å². The largest absolute Gasteiger partial charge is 0.442 e. The maximum Gasteiger partial charge on any atom is 0.414 e. The Bertz CT molecular complexity index is 716. The molecule has 3 aliphatic rings. The number of benzene rings is 1. The Morgan fingerprint density at radius 1 is 1.35 bits per heavy atom. The number of anilines is 2. The van der Waals surface area contributed by atoms with Gasteiger partial charge in [-0.05, 0) is 31.0 Å². The summed E-state index contributed by atoms with van der Waals surface area (Å²) in [6, 6.07) is 5.77. The highest BCUT2D eigenvalue weighted by Crippen LogP contribution is 2.40. The van der Waals surface area contributed by atoms with Gasteiger partial charge in [-0.3, -0.25) is 9.69 Å². The van der Waals surface area contributed by atoms with Gasteiger partial charge in [-0.15, -0.1) is 0 Å². The van der Waals surface area contributed by atoms with Crippen molar-refractivity contribution < 1.29 is 18.7 Å². The molecule has 3 heterocycles. The lowest BCUT2D eigenvalue weighted by atomic mass is 10.2. The van der Waals surface area contributed by atoms with Crippen LogP contribution in [0.4, 0.5) is 20.6 Å². The predicted molar refractivity (Wildman–Crippen MR) is 99.3 cm³/mol. The van der Waals surface area contributed by atoms with Gasteiger partial charge in [0.25, 0.3) is 0 Å². The molecule has 3 fully saturated rings. The van der Waals surface area contributed by atoms with Crippen molar-refractivity contribution in [2.75, 3.05) is 34.4 Å². The molecular weight excluding hydrogens is 357 g/mol. The molecular formula is C18H22FN3O3S. The number of cyclic esters (lactones) is 1. The Labute approximate surface area is 156 Å². The lowest BCUT2D eigenvalue weighted by Crippen LogP contribution is -2.43. The molecule has 6 nitrogen and oxygen atoms in total. The minimum atomic E-state index is -0.512. The minimum Gasteiger partial charge on any atom is -0.442 e. The van der Waals surface area contributed by atoms with Gasteiger partial charge in [-0.1, -0.05) is 0 Å². The SMILES string of the molecule is CC(=O)NC[C@H]1CN(c2ccc(N3C4CCC3CSC4)c(F)c2)C(=O)O1. The van der Waals surface area contributed by atoms with E-state index in [1.54, 1.807) is 12.1 Å². The van der Waals surface area contributed by atoms with Crippen molar-refractivity contribution in [2.24, 2.45) is 0 Å². The highest BCUT2D eigenvalue weighted by atomic mass is 32.2. The fraction of sp³-hybridized carbons (Fsp3) is 0.556. The van der Waals surface area contributed by atoms with Crippen LogP contribution in [0.15, 0.2) is 18.2 Å². The van der Waals surface area contributed by atoms with Crippen LogP contribution in [0.25, 0.3) is 0 Å². The van der Waals surface area contributed by atoms with E-state index in [1.807, 2.05) is 11.8 Å². The predicted octanol–water partition coefficient (Wildman–Crippen LogP) is 2.37. The zero-order chi connectivity index (χ0) is 18.3. The molecule has 3 atom stereocenters. The van der Waals surface area contributed by atoms with Crippen LogP contribution in [-0.2, 0) is 9.53 Å². The number of fused-ring (bicyclic) bond motifs is 2. The van der Waals surface area contributed by atoms with Crippen LogP contribution in [0.3, 0.4) is 0 Å². The van der Waals surface area contributed by atoms with E-state index in [0.29, 0.717) is 30.0 Å². The van der Waals surface area contributed by atoms with Crippen molar-refractivity contribution in [3.8, 4) is 0 Å². The topological polar surface area (TPSA) is 61.9 Å². The Morgan fingerprint density at radius 2 is 2.08 bits per heavy atom. The molecule has 0 saturated carbocycles. The summed E-state index contributed by atoms with van der Waals surface area (Å²) < 4.78 is 20.1. The van der Waals surface area contributed by atoms with Crippen LogP contribution in [-0.4, -0.2) is 54.8 Å². The Kier molecular flexibility index (Phi) is 4.69. The molecule has 1 aromatic carbocycles. The molecule has 3 saturated heterocycles. The standard InChI is InChI=1S/C18H22FN3O3S/c1-11(23)20-7-15-8-21(18(24)25-15)12-4-5-17(16(19)6-12)22-13-2-3-14(22)10-26-9-13/h4-6,13-15H,2-3,7-10H2,1H3,(H,20,23)/t13?,14?,15-/m0/s1. The molecule has 2 amide bonds. The summed E-state index contributed by atoms with van der Waals surface area (Å²) in [4.78, 5) is 26.7. The van der Waals surface area contributed by atoms with Crippen LogP contribution < -0.4 is 15.1 Å². The maximum absolute atomic E-state index is 14.9. The van der Waals surface area contributed by atoms with Crippen LogP contribution >= 0.6 is 11.8 Å². The molecule has 8 heteroatoms. The summed E-state index contributed by atoms with van der Waals surface area (Å²) in [7, 11) is 0. The summed E-state index contributed by atoms with van der Waals surface area (Å²) >= 11 is 1.95. The van der Waals surface area contributed by atoms with Crippen molar-refractivity contribution in [3.05, 3.63) is 24.0 Å². The van der Waals surface area contributed by atoms with E-state index >= 15 is 0 Å². The first kappa shape index (κ1) is 17.5. The van der Waals surface area contributed by atoms with Crippen LogP contribution in [0, 0.1) is 5.82 Å². The minimum absolute atomic E-state index is 0.177. The second-order valence-electron chi connectivity index (χ2n) is 7.02. The molecule has 4 rings (SSSR count). The van der Waals surface area contributed by atoms with Gasteiger partial charge in [0.15, 0.2) is 0 Å². The third kappa shape index (κ3) is 3.22. The van der Waals surface area contributed by atoms with Crippen molar-refractivity contribution in [1.29, 1.82) is 0 Å². The van der Waals surface area contributed by atoms with Gasteiger partial charge in [0.05, 0.1) is 24.5 Å². The Balaban J connectivity index is 1.49. The number of halogens is 1. The average Bonchev–Trinajstić information content (AvgIpc) is 3.09. The van der Waals surface area contributed by atoms with Gasteiger partial charge < -0.3 is 15.0 Å². The lowest BCUT2D eigenvalue weighted by molar-refractivity contribution is -0.119. The van der Waals surface area contributed by atoms with Crippen molar-refractivity contribution in [1.82, 2.24) is 5.32 Å². The first-order valence-electron chi connectivity index (χ1n) is 8.91. The number of nitrogens with one attached hydrogen (secondary N) is 1. The molecule has 1 N–H and O–H groups in total. The van der Waals surface area contributed by atoms with Gasteiger partial charge >= 0.3 is 6.09 Å². The summed E-state index contributed by atoms with van der Waals surface area (Å²) in [6.07, 6.45) is 1.29. The number of carbonyl (C=O) groups is 2. The van der Waals surface area contributed by atoms with Crippen LogP contribution in [0.1, 0.15) is 19.8 Å². The van der Waals surface area contributed by atoms with Gasteiger partial charge in [0.2, 0.25) is 5.91 Å². The number of hydrogen-bond donors (Lipinski definition) is 1. The zero-order valence-corrected chi connectivity index (χ0v) is 15.4. The number of nitrogens with zero attached hydrogens (tertiary/aromatic N) is 2. The van der Waals surface area contributed by atoms with E-state index in [9.17, 15) is 14.0 Å². The number of amides is 2. The van der Waals surface area contributed by atoms with Crippen LogP contribution in [0.2, 0.25) is 0 Å². The molecule has 3 aliphatic heterocycles. The van der Waals surface area contributed by atoms with E-state index in [1.165, 1.54) is 17.9 Å². The molecule has 1 aromatic rings. The number of rotatable bonds is 4. The van der Waals surface area contributed by atoms with Gasteiger partial charge in [0, 0.05) is 30.5 Å². The smallest absolute Gasteiger partial charge is 0.414 e. The quantitative estimate of drug-likeness (QED) is 0.870. The lowest BCUT2D eigenvalue weighted by Gasteiger charge is -2.36. The molecule has 2 unspecified atom stereocenters. The van der Waals surface area contributed by atoms with E-state index in [0.717, 1.165) is 24.3 Å². The summed E-state index contributed by atoms with van der Waals surface area (Å²) in [6.45, 7) is 1.96. The molecule has 140 valence electrons. The highest BCUT2D eigenvalue weighted by Gasteiger charge is 2.38. The fourth-order valence-electron chi connectivity index (χ4n) is 3.99. The summed E-state index contributed by atoms with van der Waals surface area (Å²) in [5, 5.41) is 2.63. The number of carbonyl (C=O) groups excluding carboxylic acids is 2. The summed E-state index contributed by atoms with van der Waals surface area (Å²) in [5.74, 6) is 1.61. The number of hydrogen-bond acceptors (Lipinski definition) is 5. The van der Waals surface area contributed by atoms with Crippen LogP contribution in [0.5, 0.6) is 0 Å². The number of ether oxygens (including phenoxy) is 1. The first-order chi connectivity index (χ1) is 12.5. The third-order valence-corrected chi connectivity index (χ3v) is 6.46. The first-order valence-corrected chi connectivity index (χ1v) is 10.1. The molecule has 2 bridgehead atoms. The van der Waals surface area contributed by atoms with E-state index in [-0.39, 0.29) is 18.3 Å². The van der Waals surface area contributed by atoms with Crippen molar-refractivity contribution in [2.45, 2.75) is 38.0 Å². The van der Waals surface area contributed by atoms with Gasteiger partial charge in [0.1, 0.15) is 11.9 Å². The van der Waals surface area contributed by atoms with Crippen molar-refractivity contribution in [3.63, 3.8) is 0 Å². The van der Waals surface area contributed by atoms with Gasteiger partial charge in [-0.25, -0.2) is 9.18 Å². The molecule has 0 spiro atoms. The molecule has 0 aromatic heterocycles. The second kappa shape index (κ2) is 6.98. The second-order valence-corrected chi connectivity index (χ2v) is 8.09. The van der Waals surface area contributed by atoms with E-state index in [4.69, 9.17) is 4.74 Å². The summed E-state index contributed by atoms with van der Waals surface area (Å²) in [5.41, 5.74) is 1.12. The normalized spacial score (nSPS) is 27.6. The Hall–Kier alpha value is -1.96. The van der Waals surface area contributed by atoms with E-state index in [2.05, 4.69) is 10.2 Å². The number of thioether (sulfide) groups is 1. The highest BCUT2D eigenvalue weighted by molar-refractivity contribution is 7.99. The monoisotopic (exact) mass is 379 g/mol. The average molecular weight is 379 g/mol. The van der Waals surface area contributed by atoms with Gasteiger partial charge in [-0.2, -0.15) is 11.8 Å².